The van der Waals surface area contributed by atoms with Gasteiger partial charge in [0, 0.05) is 29.8 Å². The minimum absolute atomic E-state index is 0.00430. The van der Waals surface area contributed by atoms with Gasteiger partial charge in [0.05, 0.1) is 37.9 Å². The van der Waals surface area contributed by atoms with Crippen LogP contribution >= 0.6 is 0 Å². The Hall–Kier alpha value is -3.71. The zero-order chi connectivity index (χ0) is 32.9. The van der Waals surface area contributed by atoms with E-state index in [2.05, 4.69) is 15.3 Å². The van der Waals surface area contributed by atoms with Gasteiger partial charge in [-0.3, -0.25) is 4.98 Å². The van der Waals surface area contributed by atoms with Gasteiger partial charge in [0.15, 0.2) is 5.82 Å². The predicted molar refractivity (Wildman–Crippen MR) is 174 cm³/mol. The number of fused-ring (bicyclic) bond motifs is 3. The van der Waals surface area contributed by atoms with Crippen molar-refractivity contribution in [2.24, 2.45) is 5.41 Å². The van der Waals surface area contributed by atoms with Crippen molar-refractivity contribution in [2.45, 2.75) is 70.1 Å². The number of aromatic hydroxyl groups is 1. The largest absolute Gasteiger partial charge is 0.508 e. The molecule has 10 nitrogen and oxygen atoms in total. The first-order valence-electron chi connectivity index (χ1n) is 16.5. The first-order valence-corrected chi connectivity index (χ1v) is 16.5. The normalized spacial score (nSPS) is 26.5. The molecule has 47 heavy (non-hydrogen) atoms. The molecule has 0 spiro atoms. The molecule has 2 aromatic carbocycles. The SMILES string of the molecule is CCc1c(F)ccc2cc(O)cc(-c3ncc4c(N5C[C@H](CO)OC[C@@](C)(O)C5)nc(OC[C@@]56CCCN[C@@H]5CCC6)nc4c3F)c12. The van der Waals surface area contributed by atoms with Crippen LogP contribution in [0.3, 0.4) is 0 Å². The summed E-state index contributed by atoms with van der Waals surface area (Å²) in [5.74, 6) is -1.02. The van der Waals surface area contributed by atoms with Crippen molar-refractivity contribution in [3.8, 4) is 23.0 Å². The summed E-state index contributed by atoms with van der Waals surface area (Å²) >= 11 is 0. The summed E-state index contributed by atoms with van der Waals surface area (Å²) < 4.78 is 44.0. The zero-order valence-corrected chi connectivity index (χ0v) is 26.7. The molecule has 1 aliphatic carbocycles. The number of aromatic nitrogens is 3. The second kappa shape index (κ2) is 12.4. The molecule has 7 rings (SSSR count). The Labute approximate surface area is 271 Å². The van der Waals surface area contributed by atoms with Crippen LogP contribution in [0.4, 0.5) is 14.6 Å². The number of piperidine rings is 1. The number of nitrogens with one attached hydrogen (secondary N) is 1. The number of aliphatic hydroxyl groups excluding tert-OH is 1. The number of halogens is 2. The van der Waals surface area contributed by atoms with Crippen LogP contribution in [-0.4, -0.2) is 87.5 Å². The number of hydrogen-bond donors (Lipinski definition) is 4. The average Bonchev–Trinajstić information content (AvgIpc) is 3.42. The Morgan fingerprint density at radius 2 is 2.00 bits per heavy atom. The van der Waals surface area contributed by atoms with Crippen LogP contribution in [0.15, 0.2) is 30.5 Å². The molecule has 2 saturated heterocycles. The number of pyridine rings is 1. The molecule has 1 saturated carbocycles. The van der Waals surface area contributed by atoms with E-state index in [9.17, 15) is 19.7 Å². The number of anilines is 1. The Kier molecular flexibility index (Phi) is 8.40. The Morgan fingerprint density at radius 3 is 2.81 bits per heavy atom. The molecule has 12 heteroatoms. The van der Waals surface area contributed by atoms with Crippen LogP contribution in [0, 0.1) is 17.0 Å². The van der Waals surface area contributed by atoms with E-state index in [4.69, 9.17) is 14.5 Å². The molecule has 4 N–H and O–H groups in total. The summed E-state index contributed by atoms with van der Waals surface area (Å²) in [7, 11) is 0. The lowest BCUT2D eigenvalue weighted by Crippen LogP contribution is -2.49. The summed E-state index contributed by atoms with van der Waals surface area (Å²) in [5.41, 5.74) is -0.889. The Balaban J connectivity index is 1.40. The smallest absolute Gasteiger partial charge is 0.319 e. The monoisotopic (exact) mass is 649 g/mol. The molecule has 0 unspecified atom stereocenters. The highest BCUT2D eigenvalue weighted by atomic mass is 19.1. The van der Waals surface area contributed by atoms with Crippen molar-refractivity contribution in [1.29, 1.82) is 0 Å². The lowest BCUT2D eigenvalue weighted by Gasteiger charge is -2.39. The number of phenolic OH excluding ortho intramolecular Hbond substituents is 1. The van der Waals surface area contributed by atoms with E-state index in [1.807, 2.05) is 6.92 Å². The fourth-order valence-electron chi connectivity index (χ4n) is 7.86. The molecule has 2 aliphatic heterocycles. The number of rotatable bonds is 7. The summed E-state index contributed by atoms with van der Waals surface area (Å²) in [6.45, 7) is 4.76. The first kappa shape index (κ1) is 31.9. The standard InChI is InChI=1S/C35H41F2N5O5/c1-3-23-26(36)8-7-20-12-21(44)13-24(28(20)23)30-29(37)31-25(14-39-30)32(42-15-22(16-43)46-18-34(2,45)17-42)41-33(40-31)47-19-35-9-4-6-27(35)38-11-5-10-35/h7-8,12-14,22,27,38,43-45H,3-6,9-11,15-19H2,1-2H3/t22-,27-,34+,35-/m1/s1. The molecular weight excluding hydrogens is 608 g/mol. The predicted octanol–water partition coefficient (Wildman–Crippen LogP) is 4.64. The highest BCUT2D eigenvalue weighted by molar-refractivity contribution is 6.01. The number of ether oxygens (including phenoxy) is 2. The molecule has 250 valence electrons. The molecular formula is C35H41F2N5O5. The molecule has 0 radical (unpaired) electrons. The van der Waals surface area contributed by atoms with Crippen molar-refractivity contribution >= 4 is 27.5 Å². The second-order valence-corrected chi connectivity index (χ2v) is 13.6. The summed E-state index contributed by atoms with van der Waals surface area (Å²) in [6, 6.07) is 6.12. The number of phenols is 1. The lowest BCUT2D eigenvalue weighted by atomic mass is 9.76. The van der Waals surface area contributed by atoms with Gasteiger partial charge in [-0.25, -0.2) is 8.78 Å². The van der Waals surface area contributed by atoms with Crippen molar-refractivity contribution in [2.75, 3.05) is 44.4 Å². The van der Waals surface area contributed by atoms with Crippen LogP contribution in [0.1, 0.15) is 51.5 Å². The number of β-amino-alcohol motifs (C(OH)–C–C–N with tert-alkyl or cyclic N) is 1. The van der Waals surface area contributed by atoms with Gasteiger partial charge in [0.1, 0.15) is 34.2 Å². The van der Waals surface area contributed by atoms with Gasteiger partial charge in [-0.1, -0.05) is 19.4 Å². The van der Waals surface area contributed by atoms with Crippen LogP contribution < -0.4 is 15.0 Å². The fourth-order valence-corrected chi connectivity index (χ4v) is 7.86. The van der Waals surface area contributed by atoms with Gasteiger partial charge >= 0.3 is 6.01 Å². The van der Waals surface area contributed by atoms with E-state index < -0.39 is 23.3 Å². The van der Waals surface area contributed by atoms with Crippen LogP contribution in [-0.2, 0) is 11.2 Å². The van der Waals surface area contributed by atoms with Gasteiger partial charge in [-0.05, 0) is 80.1 Å². The molecule has 3 aliphatic rings. The van der Waals surface area contributed by atoms with Crippen LogP contribution in [0.5, 0.6) is 11.8 Å². The third-order valence-corrected chi connectivity index (χ3v) is 10.1. The van der Waals surface area contributed by atoms with E-state index in [-0.39, 0.29) is 71.5 Å². The second-order valence-electron chi connectivity index (χ2n) is 13.6. The molecule has 3 fully saturated rings. The van der Waals surface area contributed by atoms with Gasteiger partial charge in [0.25, 0.3) is 0 Å². The van der Waals surface area contributed by atoms with E-state index in [0.717, 1.165) is 38.6 Å². The molecule has 4 heterocycles. The summed E-state index contributed by atoms with van der Waals surface area (Å²) in [5, 5.41) is 36.6. The minimum atomic E-state index is -1.29. The summed E-state index contributed by atoms with van der Waals surface area (Å²) in [4.78, 5) is 15.6. The Bertz CT molecular complexity index is 1820. The maximum absolute atomic E-state index is 16.9. The van der Waals surface area contributed by atoms with Gasteiger partial charge in [-0.2, -0.15) is 9.97 Å². The third kappa shape index (κ3) is 5.85. The molecule has 4 atom stereocenters. The van der Waals surface area contributed by atoms with Crippen molar-refractivity contribution in [1.82, 2.24) is 20.3 Å². The van der Waals surface area contributed by atoms with Gasteiger partial charge < -0.3 is 35.0 Å². The molecule has 0 amide bonds. The lowest BCUT2D eigenvalue weighted by molar-refractivity contribution is -0.0528. The maximum atomic E-state index is 16.9. The first-order chi connectivity index (χ1) is 22.6. The van der Waals surface area contributed by atoms with Crippen molar-refractivity contribution in [3.05, 3.63) is 47.7 Å². The van der Waals surface area contributed by atoms with Crippen molar-refractivity contribution in [3.63, 3.8) is 0 Å². The maximum Gasteiger partial charge on any atom is 0.319 e. The zero-order valence-electron chi connectivity index (χ0n) is 26.7. The van der Waals surface area contributed by atoms with Crippen LogP contribution in [0.2, 0.25) is 0 Å². The van der Waals surface area contributed by atoms with Crippen molar-refractivity contribution < 1.29 is 33.6 Å². The van der Waals surface area contributed by atoms with E-state index in [1.165, 1.54) is 24.4 Å². The number of nitrogens with zero attached hydrogens (tertiary/aromatic N) is 4. The average molecular weight is 650 g/mol. The third-order valence-electron chi connectivity index (χ3n) is 10.1. The quantitative estimate of drug-likeness (QED) is 0.225. The molecule has 0 bridgehead atoms. The number of aryl methyl sites for hydroxylation is 1. The topological polar surface area (TPSA) is 133 Å². The summed E-state index contributed by atoms with van der Waals surface area (Å²) in [6.07, 6.45) is 6.41. The molecule has 4 aromatic rings. The Morgan fingerprint density at radius 1 is 1.17 bits per heavy atom. The highest BCUT2D eigenvalue weighted by Crippen LogP contribution is 2.45. The fraction of sp³-hybridized carbons (Fsp3) is 0.514. The molecule has 2 aromatic heterocycles. The van der Waals surface area contributed by atoms with E-state index in [0.29, 0.717) is 35.4 Å². The number of hydrogen-bond acceptors (Lipinski definition) is 10. The van der Waals surface area contributed by atoms with Gasteiger partial charge in [-0.15, -0.1) is 0 Å². The number of benzene rings is 2. The highest BCUT2D eigenvalue weighted by Gasteiger charge is 2.45. The van der Waals surface area contributed by atoms with E-state index >= 15 is 4.39 Å². The van der Waals surface area contributed by atoms with E-state index in [1.54, 1.807) is 17.9 Å². The number of aliphatic hydroxyl groups is 2. The minimum Gasteiger partial charge on any atom is -0.508 e. The van der Waals surface area contributed by atoms with Gasteiger partial charge in [0.2, 0.25) is 0 Å². The van der Waals surface area contributed by atoms with Crippen LogP contribution in [0.25, 0.3) is 32.9 Å².